The Labute approximate surface area is 153 Å². The first-order valence-electron chi connectivity index (χ1n) is 9.06. The van der Waals surface area contributed by atoms with E-state index in [0.717, 1.165) is 31.4 Å². The van der Waals surface area contributed by atoms with Crippen LogP contribution in [0.4, 0.5) is 0 Å². The maximum absolute atomic E-state index is 13.0. The highest BCUT2D eigenvalue weighted by Gasteiger charge is 2.30. The summed E-state index contributed by atoms with van der Waals surface area (Å²) in [4.78, 5) is 35.8. The Bertz CT molecular complexity index is 826. The Balaban J connectivity index is 1.85. The fourth-order valence-corrected chi connectivity index (χ4v) is 3.52. The number of likely N-dealkylation sites (tertiary alicyclic amines) is 1. The summed E-state index contributed by atoms with van der Waals surface area (Å²) in [5.41, 5.74) is 2.11. The van der Waals surface area contributed by atoms with Gasteiger partial charge in [-0.2, -0.15) is 0 Å². The zero-order chi connectivity index (χ0) is 18.7. The highest BCUT2D eigenvalue weighted by molar-refractivity contribution is 5.93. The summed E-state index contributed by atoms with van der Waals surface area (Å²) in [5, 5.41) is 0. The molecule has 3 rings (SSSR count). The number of piperidine rings is 1. The molecule has 1 amide bonds. The van der Waals surface area contributed by atoms with Gasteiger partial charge in [0.25, 0.3) is 11.5 Å². The van der Waals surface area contributed by atoms with Gasteiger partial charge in [-0.3, -0.25) is 9.59 Å². The number of hydrogen-bond donors (Lipinski definition) is 1. The number of benzene rings is 1. The minimum atomic E-state index is -0.367. The molecule has 1 aromatic carbocycles. The van der Waals surface area contributed by atoms with E-state index in [0.29, 0.717) is 12.4 Å². The third-order valence-electron chi connectivity index (χ3n) is 4.78. The van der Waals surface area contributed by atoms with Crippen LogP contribution >= 0.6 is 0 Å². The number of nitrogens with zero attached hydrogens (tertiary/aromatic N) is 3. The fraction of sp³-hybridized carbons (Fsp3) is 0.450. The van der Waals surface area contributed by atoms with E-state index in [9.17, 15) is 9.59 Å². The van der Waals surface area contributed by atoms with Crippen LogP contribution in [0, 0.1) is 6.92 Å². The number of rotatable bonds is 4. The van der Waals surface area contributed by atoms with Crippen molar-refractivity contribution in [3.8, 4) is 0 Å². The lowest BCUT2D eigenvalue weighted by Crippen LogP contribution is -2.40. The first kappa shape index (κ1) is 18.3. The van der Waals surface area contributed by atoms with E-state index in [-0.39, 0.29) is 23.1 Å². The SMILES string of the molecule is Cc1ncc(C(=O)N2CCCCC2c2ccc(CN(C)C)cc2)c(=O)[nH]1. The molecule has 1 N–H and O–H groups in total. The number of carbonyl (C=O) groups is 1. The second-order valence-corrected chi connectivity index (χ2v) is 7.20. The molecule has 1 aromatic heterocycles. The summed E-state index contributed by atoms with van der Waals surface area (Å²) < 4.78 is 0. The lowest BCUT2D eigenvalue weighted by atomic mass is 9.94. The highest BCUT2D eigenvalue weighted by Crippen LogP contribution is 2.32. The molecule has 138 valence electrons. The van der Waals surface area contributed by atoms with E-state index < -0.39 is 0 Å². The number of aromatic amines is 1. The molecular weight excluding hydrogens is 328 g/mol. The Morgan fingerprint density at radius 1 is 1.27 bits per heavy atom. The summed E-state index contributed by atoms with van der Waals surface area (Å²) in [6, 6.07) is 8.45. The summed E-state index contributed by atoms with van der Waals surface area (Å²) in [5.74, 6) is 0.277. The van der Waals surface area contributed by atoms with E-state index in [1.165, 1.54) is 11.8 Å². The monoisotopic (exact) mass is 354 g/mol. The molecule has 6 nitrogen and oxygen atoms in total. The van der Waals surface area contributed by atoms with Gasteiger partial charge < -0.3 is 14.8 Å². The zero-order valence-electron chi connectivity index (χ0n) is 15.7. The molecule has 1 unspecified atom stereocenters. The van der Waals surface area contributed by atoms with Gasteiger partial charge in [-0.1, -0.05) is 24.3 Å². The van der Waals surface area contributed by atoms with Crippen molar-refractivity contribution in [3.63, 3.8) is 0 Å². The predicted octanol–water partition coefficient (Wildman–Crippen LogP) is 2.51. The number of amides is 1. The molecule has 2 heterocycles. The maximum Gasteiger partial charge on any atom is 0.263 e. The summed E-state index contributed by atoms with van der Waals surface area (Å²) in [7, 11) is 4.09. The predicted molar refractivity (Wildman–Crippen MR) is 101 cm³/mol. The lowest BCUT2D eigenvalue weighted by molar-refractivity contribution is 0.0609. The lowest BCUT2D eigenvalue weighted by Gasteiger charge is -2.36. The Morgan fingerprint density at radius 3 is 2.65 bits per heavy atom. The van der Waals surface area contributed by atoms with Crippen LogP contribution in [-0.4, -0.2) is 46.3 Å². The molecule has 1 aliphatic heterocycles. The van der Waals surface area contributed by atoms with Crippen molar-refractivity contribution < 1.29 is 4.79 Å². The van der Waals surface area contributed by atoms with Crippen molar-refractivity contribution >= 4 is 5.91 Å². The molecule has 26 heavy (non-hydrogen) atoms. The zero-order valence-corrected chi connectivity index (χ0v) is 15.7. The van der Waals surface area contributed by atoms with Gasteiger partial charge >= 0.3 is 0 Å². The molecule has 0 saturated carbocycles. The van der Waals surface area contributed by atoms with Gasteiger partial charge in [-0.25, -0.2) is 4.98 Å². The van der Waals surface area contributed by atoms with Crippen molar-refractivity contribution in [2.24, 2.45) is 0 Å². The average molecular weight is 354 g/mol. The van der Waals surface area contributed by atoms with E-state index in [2.05, 4.69) is 39.1 Å². The second kappa shape index (κ2) is 7.83. The molecule has 1 saturated heterocycles. The van der Waals surface area contributed by atoms with E-state index >= 15 is 0 Å². The van der Waals surface area contributed by atoms with Crippen LogP contribution in [0.2, 0.25) is 0 Å². The Morgan fingerprint density at radius 2 is 2.00 bits per heavy atom. The number of H-pyrrole nitrogens is 1. The van der Waals surface area contributed by atoms with Crippen LogP contribution < -0.4 is 5.56 Å². The third kappa shape index (κ3) is 4.02. The van der Waals surface area contributed by atoms with Crippen molar-refractivity contribution in [1.82, 2.24) is 19.8 Å². The van der Waals surface area contributed by atoms with Crippen molar-refractivity contribution in [1.29, 1.82) is 0 Å². The molecule has 0 bridgehead atoms. The molecule has 1 fully saturated rings. The van der Waals surface area contributed by atoms with Gasteiger partial charge in [0.2, 0.25) is 0 Å². The number of hydrogen-bond acceptors (Lipinski definition) is 4. The topological polar surface area (TPSA) is 69.3 Å². The van der Waals surface area contributed by atoms with Crippen LogP contribution in [-0.2, 0) is 6.54 Å². The first-order chi connectivity index (χ1) is 12.5. The number of nitrogens with one attached hydrogen (secondary N) is 1. The van der Waals surface area contributed by atoms with Crippen molar-refractivity contribution in [2.45, 2.75) is 38.8 Å². The highest BCUT2D eigenvalue weighted by atomic mass is 16.2. The third-order valence-corrected chi connectivity index (χ3v) is 4.78. The smallest absolute Gasteiger partial charge is 0.263 e. The van der Waals surface area contributed by atoms with Gasteiger partial charge in [0.05, 0.1) is 6.04 Å². The Hall–Kier alpha value is -2.47. The Kier molecular flexibility index (Phi) is 5.52. The number of aryl methyl sites for hydroxylation is 1. The van der Waals surface area contributed by atoms with Gasteiger partial charge in [0.15, 0.2) is 0 Å². The second-order valence-electron chi connectivity index (χ2n) is 7.20. The van der Waals surface area contributed by atoms with Crippen LogP contribution in [0.1, 0.15) is 52.6 Å². The molecule has 1 atom stereocenters. The molecule has 1 aliphatic rings. The minimum Gasteiger partial charge on any atom is -0.331 e. The quantitative estimate of drug-likeness (QED) is 0.916. The molecule has 0 radical (unpaired) electrons. The van der Waals surface area contributed by atoms with E-state index in [1.54, 1.807) is 6.92 Å². The van der Waals surface area contributed by atoms with Crippen LogP contribution in [0.25, 0.3) is 0 Å². The normalized spacial score (nSPS) is 17.5. The maximum atomic E-state index is 13.0. The van der Waals surface area contributed by atoms with Crippen LogP contribution in [0.3, 0.4) is 0 Å². The molecule has 0 spiro atoms. The van der Waals surface area contributed by atoms with Crippen LogP contribution in [0.5, 0.6) is 0 Å². The number of carbonyl (C=O) groups excluding carboxylic acids is 1. The summed E-state index contributed by atoms with van der Waals surface area (Å²) >= 11 is 0. The van der Waals surface area contributed by atoms with E-state index in [1.807, 2.05) is 19.0 Å². The molecule has 2 aromatic rings. The largest absolute Gasteiger partial charge is 0.331 e. The van der Waals surface area contributed by atoms with Gasteiger partial charge in [0, 0.05) is 19.3 Å². The molecule has 0 aliphatic carbocycles. The summed E-state index contributed by atoms with van der Waals surface area (Å²) in [6.07, 6.45) is 4.34. The average Bonchev–Trinajstić information content (AvgIpc) is 2.61. The molecular formula is C20H26N4O2. The first-order valence-corrected chi connectivity index (χ1v) is 9.06. The minimum absolute atomic E-state index is 0.00496. The van der Waals surface area contributed by atoms with E-state index in [4.69, 9.17) is 0 Å². The van der Waals surface area contributed by atoms with Crippen LogP contribution in [0.15, 0.2) is 35.3 Å². The molecule has 6 heteroatoms. The standard InChI is InChI=1S/C20H26N4O2/c1-14-21-12-17(19(25)22-14)20(26)24-11-5-4-6-18(24)16-9-7-15(8-10-16)13-23(2)3/h7-10,12,18H,4-6,11,13H2,1-3H3,(H,21,22,25). The van der Waals surface area contributed by atoms with Gasteiger partial charge in [-0.15, -0.1) is 0 Å². The van der Waals surface area contributed by atoms with Gasteiger partial charge in [-0.05, 0) is 51.4 Å². The number of aromatic nitrogens is 2. The van der Waals surface area contributed by atoms with Gasteiger partial charge in [0.1, 0.15) is 11.4 Å². The summed E-state index contributed by atoms with van der Waals surface area (Å²) in [6.45, 7) is 3.25. The van der Waals surface area contributed by atoms with Crippen molar-refractivity contribution in [2.75, 3.05) is 20.6 Å². The fourth-order valence-electron chi connectivity index (χ4n) is 3.52. The van der Waals surface area contributed by atoms with Crippen molar-refractivity contribution in [3.05, 3.63) is 63.3 Å².